The first kappa shape index (κ1) is 20.6. The molecule has 1 N–H and O–H groups in total. The van der Waals surface area contributed by atoms with Crippen molar-refractivity contribution in [1.29, 1.82) is 0 Å². The van der Waals surface area contributed by atoms with Crippen molar-refractivity contribution < 1.29 is 24.0 Å². The molecular formula is C18H14ClN3O6S. The van der Waals surface area contributed by atoms with Gasteiger partial charge in [0.05, 0.1) is 16.4 Å². The molecule has 1 aliphatic heterocycles. The number of nitro benzene ring substituents is 1. The molecule has 0 saturated carbocycles. The zero-order valence-electron chi connectivity index (χ0n) is 14.8. The molecule has 2 amide bonds. The topological polar surface area (TPSA) is 119 Å². The Morgan fingerprint density at radius 2 is 2.03 bits per heavy atom. The number of benzene rings is 2. The standard InChI is InChI=1S/C18H14ClN3O6S/c19-11-5-6-12(14(7-11)22(26)27)20-16(23)9-28-18(25)8-21-13-3-1-2-4-15(13)29-10-17(21)24/h1-7H,8-10H2,(H,20,23). The van der Waals surface area contributed by atoms with Gasteiger partial charge in [0.2, 0.25) is 5.91 Å². The average molecular weight is 436 g/mol. The molecule has 3 rings (SSSR count). The molecule has 0 spiro atoms. The number of rotatable bonds is 6. The summed E-state index contributed by atoms with van der Waals surface area (Å²) in [4.78, 5) is 48.8. The highest BCUT2D eigenvalue weighted by atomic mass is 35.5. The van der Waals surface area contributed by atoms with Crippen molar-refractivity contribution in [2.24, 2.45) is 0 Å². The van der Waals surface area contributed by atoms with Crippen molar-refractivity contribution in [1.82, 2.24) is 0 Å². The Balaban J connectivity index is 1.58. The first-order valence-corrected chi connectivity index (χ1v) is 9.63. The monoisotopic (exact) mass is 435 g/mol. The van der Waals surface area contributed by atoms with Gasteiger partial charge in [0.25, 0.3) is 11.6 Å². The lowest BCUT2D eigenvalue weighted by Gasteiger charge is -2.27. The van der Waals surface area contributed by atoms with Crippen molar-refractivity contribution >= 4 is 58.2 Å². The van der Waals surface area contributed by atoms with Crippen LogP contribution in [0.4, 0.5) is 17.1 Å². The third kappa shape index (κ3) is 5.04. The van der Waals surface area contributed by atoms with E-state index in [9.17, 15) is 24.5 Å². The maximum Gasteiger partial charge on any atom is 0.326 e. The molecule has 1 heterocycles. The Labute approximate surface area is 174 Å². The molecule has 0 aliphatic carbocycles. The second kappa shape index (κ2) is 8.93. The number of amides is 2. The number of hydrogen-bond donors (Lipinski definition) is 1. The zero-order chi connectivity index (χ0) is 21.0. The number of esters is 1. The Morgan fingerprint density at radius 3 is 2.79 bits per heavy atom. The minimum Gasteiger partial charge on any atom is -0.454 e. The quantitative estimate of drug-likeness (QED) is 0.421. The number of para-hydroxylation sites is 1. The van der Waals surface area contributed by atoms with Crippen LogP contribution in [0.3, 0.4) is 0 Å². The smallest absolute Gasteiger partial charge is 0.326 e. The van der Waals surface area contributed by atoms with E-state index in [2.05, 4.69) is 5.32 Å². The first-order valence-electron chi connectivity index (χ1n) is 8.27. The number of thioether (sulfide) groups is 1. The Morgan fingerprint density at radius 1 is 1.28 bits per heavy atom. The highest BCUT2D eigenvalue weighted by Crippen LogP contribution is 2.34. The highest BCUT2D eigenvalue weighted by molar-refractivity contribution is 8.00. The maximum atomic E-state index is 12.1. The predicted molar refractivity (Wildman–Crippen MR) is 107 cm³/mol. The normalized spacial score (nSPS) is 12.9. The van der Waals surface area contributed by atoms with E-state index in [1.165, 1.54) is 28.8 Å². The van der Waals surface area contributed by atoms with E-state index in [0.29, 0.717) is 5.69 Å². The van der Waals surface area contributed by atoms with Crippen molar-refractivity contribution in [2.45, 2.75) is 4.90 Å². The highest BCUT2D eigenvalue weighted by Gasteiger charge is 2.27. The summed E-state index contributed by atoms with van der Waals surface area (Å²) in [6.45, 7) is -0.998. The Hall–Kier alpha value is -3.11. The van der Waals surface area contributed by atoms with Crippen LogP contribution in [-0.4, -0.2) is 41.6 Å². The van der Waals surface area contributed by atoms with Gasteiger partial charge in [0.15, 0.2) is 6.61 Å². The molecule has 0 bridgehead atoms. The Bertz CT molecular complexity index is 999. The SMILES string of the molecule is O=C(COC(=O)CN1C(=O)CSc2ccccc21)Nc1ccc(Cl)cc1[N+](=O)[O-]. The van der Waals surface area contributed by atoms with E-state index in [-0.39, 0.29) is 34.6 Å². The molecule has 1 aliphatic rings. The number of nitrogens with one attached hydrogen (secondary N) is 1. The minimum atomic E-state index is -0.777. The number of nitro groups is 1. The lowest BCUT2D eigenvalue weighted by atomic mass is 10.2. The molecule has 0 aromatic heterocycles. The van der Waals surface area contributed by atoms with Gasteiger partial charge >= 0.3 is 5.97 Å². The number of nitrogens with zero attached hydrogens (tertiary/aromatic N) is 2. The molecule has 0 saturated heterocycles. The minimum absolute atomic E-state index is 0.0717. The fourth-order valence-electron chi connectivity index (χ4n) is 2.60. The molecular weight excluding hydrogens is 422 g/mol. The largest absolute Gasteiger partial charge is 0.454 e. The van der Waals surface area contributed by atoms with Crippen LogP contribution in [-0.2, 0) is 19.1 Å². The van der Waals surface area contributed by atoms with Crippen LogP contribution in [0.15, 0.2) is 47.4 Å². The van der Waals surface area contributed by atoms with Gasteiger partial charge in [-0.25, -0.2) is 0 Å². The molecule has 2 aromatic rings. The van der Waals surface area contributed by atoms with E-state index in [4.69, 9.17) is 16.3 Å². The Kier molecular flexibility index (Phi) is 6.35. The number of carbonyl (C=O) groups excluding carboxylic acids is 3. The van der Waals surface area contributed by atoms with Crippen molar-refractivity contribution in [3.8, 4) is 0 Å². The lowest BCUT2D eigenvalue weighted by molar-refractivity contribution is -0.383. The summed E-state index contributed by atoms with van der Waals surface area (Å²) in [6, 6.07) is 10.9. The van der Waals surface area contributed by atoms with E-state index in [0.717, 1.165) is 11.0 Å². The summed E-state index contributed by atoms with van der Waals surface area (Å²) in [6.07, 6.45) is 0. The van der Waals surface area contributed by atoms with Crippen molar-refractivity contribution in [3.05, 3.63) is 57.6 Å². The number of anilines is 2. The molecule has 9 nitrogen and oxygen atoms in total. The van der Waals surface area contributed by atoms with Gasteiger partial charge in [0, 0.05) is 16.0 Å². The molecule has 0 unspecified atom stereocenters. The fraction of sp³-hybridized carbons (Fsp3) is 0.167. The van der Waals surface area contributed by atoms with E-state index in [1.54, 1.807) is 12.1 Å². The molecule has 0 fully saturated rings. The molecule has 2 aromatic carbocycles. The lowest BCUT2D eigenvalue weighted by Crippen LogP contribution is -2.40. The summed E-state index contributed by atoms with van der Waals surface area (Å²) < 4.78 is 4.92. The van der Waals surface area contributed by atoms with E-state index in [1.807, 2.05) is 12.1 Å². The third-order valence-electron chi connectivity index (χ3n) is 3.89. The summed E-state index contributed by atoms with van der Waals surface area (Å²) >= 11 is 7.10. The zero-order valence-corrected chi connectivity index (χ0v) is 16.4. The van der Waals surface area contributed by atoms with E-state index < -0.39 is 23.4 Å². The van der Waals surface area contributed by atoms with Crippen LogP contribution in [0.2, 0.25) is 5.02 Å². The number of carbonyl (C=O) groups is 3. The second-order valence-corrected chi connectivity index (χ2v) is 7.32. The number of hydrogen-bond acceptors (Lipinski definition) is 7. The van der Waals surface area contributed by atoms with E-state index >= 15 is 0 Å². The summed E-state index contributed by atoms with van der Waals surface area (Å²) in [5.41, 5.74) is 0.148. The van der Waals surface area contributed by atoms with Crippen molar-refractivity contribution in [3.63, 3.8) is 0 Å². The van der Waals surface area contributed by atoms with Gasteiger partial charge in [-0.15, -0.1) is 11.8 Å². The third-order valence-corrected chi connectivity index (χ3v) is 5.17. The van der Waals surface area contributed by atoms with Gasteiger partial charge in [0.1, 0.15) is 12.2 Å². The van der Waals surface area contributed by atoms with Crippen LogP contribution >= 0.6 is 23.4 Å². The summed E-state index contributed by atoms with van der Waals surface area (Å²) in [5, 5.41) is 13.5. The van der Waals surface area contributed by atoms with Crippen LogP contribution in [0, 0.1) is 10.1 Å². The molecule has 29 heavy (non-hydrogen) atoms. The first-order chi connectivity index (χ1) is 13.8. The molecule has 11 heteroatoms. The molecule has 150 valence electrons. The van der Waals surface area contributed by atoms with Gasteiger partial charge in [-0.05, 0) is 24.3 Å². The van der Waals surface area contributed by atoms with Crippen LogP contribution in [0.25, 0.3) is 0 Å². The van der Waals surface area contributed by atoms with Crippen LogP contribution < -0.4 is 10.2 Å². The van der Waals surface area contributed by atoms with Crippen LogP contribution in [0.5, 0.6) is 0 Å². The molecule has 0 radical (unpaired) electrons. The number of ether oxygens (including phenoxy) is 1. The van der Waals surface area contributed by atoms with Crippen molar-refractivity contribution in [2.75, 3.05) is 29.1 Å². The van der Waals surface area contributed by atoms with Gasteiger partial charge in [-0.3, -0.25) is 29.4 Å². The van der Waals surface area contributed by atoms with Gasteiger partial charge in [-0.2, -0.15) is 0 Å². The maximum absolute atomic E-state index is 12.1. The van der Waals surface area contributed by atoms with Gasteiger partial charge < -0.3 is 10.1 Å². The van der Waals surface area contributed by atoms with Crippen LogP contribution in [0.1, 0.15) is 0 Å². The fourth-order valence-corrected chi connectivity index (χ4v) is 3.70. The predicted octanol–water partition coefficient (Wildman–Crippen LogP) is 2.87. The second-order valence-electron chi connectivity index (χ2n) is 5.86. The van der Waals surface area contributed by atoms with Gasteiger partial charge in [-0.1, -0.05) is 23.7 Å². The molecule has 0 atom stereocenters. The summed E-state index contributed by atoms with van der Waals surface area (Å²) in [7, 11) is 0. The number of halogens is 1. The average Bonchev–Trinajstić information content (AvgIpc) is 2.70. The number of fused-ring (bicyclic) bond motifs is 1. The summed E-state index contributed by atoms with van der Waals surface area (Å²) in [5.74, 6) is -1.58.